The van der Waals surface area contributed by atoms with Crippen LogP contribution in [0.3, 0.4) is 0 Å². The highest BCUT2D eigenvalue weighted by atomic mass is 16.6. The van der Waals surface area contributed by atoms with E-state index in [0.29, 0.717) is 23.1 Å². The minimum Gasteiger partial charge on any atom is -0.464 e. The predicted octanol–water partition coefficient (Wildman–Crippen LogP) is 4.35. The number of nitro groups is 1. The second-order valence-corrected chi connectivity index (χ2v) is 7.46. The third-order valence-electron chi connectivity index (χ3n) is 3.93. The van der Waals surface area contributed by atoms with E-state index in [1.807, 2.05) is 6.07 Å². The lowest BCUT2D eigenvalue weighted by atomic mass is 10.1. The third kappa shape index (κ3) is 7.54. The van der Waals surface area contributed by atoms with Crippen molar-refractivity contribution in [1.82, 2.24) is 0 Å². The molecule has 0 bridgehead atoms. The Bertz CT molecular complexity index is 621. The lowest BCUT2D eigenvalue weighted by molar-refractivity contribution is -0.384. The molecule has 1 aromatic rings. The Kier molecular flexibility index (Phi) is 9.21. The van der Waals surface area contributed by atoms with Gasteiger partial charge in [0.2, 0.25) is 0 Å². The molecule has 0 amide bonds. The Morgan fingerprint density at radius 1 is 1.15 bits per heavy atom. The van der Waals surface area contributed by atoms with E-state index in [9.17, 15) is 14.9 Å². The van der Waals surface area contributed by atoms with Gasteiger partial charge < -0.3 is 14.4 Å². The summed E-state index contributed by atoms with van der Waals surface area (Å²) in [7, 11) is 0. The van der Waals surface area contributed by atoms with E-state index in [4.69, 9.17) is 9.47 Å². The highest BCUT2D eigenvalue weighted by molar-refractivity contribution is 5.70. The average Bonchev–Trinajstić information content (AvgIpc) is 2.58. The summed E-state index contributed by atoms with van der Waals surface area (Å²) in [5, 5.41) is 11.7. The van der Waals surface area contributed by atoms with Crippen LogP contribution >= 0.6 is 0 Å². The first kappa shape index (κ1) is 22.9. The molecule has 7 heteroatoms. The second kappa shape index (κ2) is 10.9. The molecule has 0 aromatic heterocycles. The standard InChI is InChI=1S/C20H32N2O5/c1-7-26-20(23)13-27-16(6)17-8-9-18(19(10-17)22(24)25)21(11-14(2)3)12-15(4)5/h8-10,14-16H,7,11-13H2,1-6H3. The smallest absolute Gasteiger partial charge is 0.332 e. The van der Waals surface area contributed by atoms with Crippen LogP contribution in [0.2, 0.25) is 0 Å². The number of nitrogens with zero attached hydrogens (tertiary/aromatic N) is 2. The van der Waals surface area contributed by atoms with Gasteiger partial charge in [0.15, 0.2) is 0 Å². The largest absolute Gasteiger partial charge is 0.464 e. The molecular weight excluding hydrogens is 348 g/mol. The van der Waals surface area contributed by atoms with Gasteiger partial charge in [-0.3, -0.25) is 10.1 Å². The first-order chi connectivity index (χ1) is 12.6. The number of rotatable bonds is 11. The first-order valence-electron chi connectivity index (χ1n) is 9.46. The number of esters is 1. The van der Waals surface area contributed by atoms with Crippen LogP contribution in [0.25, 0.3) is 0 Å². The van der Waals surface area contributed by atoms with E-state index in [0.717, 1.165) is 13.1 Å². The summed E-state index contributed by atoms with van der Waals surface area (Å²) in [6.07, 6.45) is -0.453. The minimum atomic E-state index is -0.453. The molecule has 1 aromatic carbocycles. The summed E-state index contributed by atoms with van der Waals surface area (Å²) in [4.78, 5) is 24.8. The van der Waals surface area contributed by atoms with Gasteiger partial charge in [0.05, 0.1) is 17.6 Å². The molecule has 7 nitrogen and oxygen atoms in total. The highest BCUT2D eigenvalue weighted by Crippen LogP contribution is 2.33. The normalized spacial score (nSPS) is 12.3. The molecule has 1 atom stereocenters. The second-order valence-electron chi connectivity index (χ2n) is 7.46. The van der Waals surface area contributed by atoms with Crippen molar-refractivity contribution >= 4 is 17.3 Å². The number of hydrogen-bond acceptors (Lipinski definition) is 6. The van der Waals surface area contributed by atoms with Gasteiger partial charge in [-0.2, -0.15) is 0 Å². The SMILES string of the molecule is CCOC(=O)COC(C)c1ccc(N(CC(C)C)CC(C)C)c([N+](=O)[O-])c1. The molecule has 0 aliphatic carbocycles. The molecule has 0 aliphatic heterocycles. The van der Waals surface area contributed by atoms with Crippen LogP contribution in [0.1, 0.15) is 53.2 Å². The van der Waals surface area contributed by atoms with Crippen LogP contribution in [0, 0.1) is 22.0 Å². The topological polar surface area (TPSA) is 81.9 Å². The van der Waals surface area contributed by atoms with Crippen molar-refractivity contribution in [2.45, 2.75) is 47.6 Å². The van der Waals surface area contributed by atoms with Crippen molar-refractivity contribution in [3.05, 3.63) is 33.9 Å². The van der Waals surface area contributed by atoms with Gasteiger partial charge in [-0.15, -0.1) is 0 Å². The number of ether oxygens (including phenoxy) is 2. The molecule has 0 radical (unpaired) electrons. The lowest BCUT2D eigenvalue weighted by Crippen LogP contribution is -2.31. The predicted molar refractivity (Wildman–Crippen MR) is 106 cm³/mol. The molecule has 0 saturated carbocycles. The van der Waals surface area contributed by atoms with Crippen molar-refractivity contribution in [3.8, 4) is 0 Å². The Hall–Kier alpha value is -2.15. The Morgan fingerprint density at radius 2 is 1.74 bits per heavy atom. The van der Waals surface area contributed by atoms with E-state index >= 15 is 0 Å². The van der Waals surface area contributed by atoms with Crippen LogP contribution in [0.5, 0.6) is 0 Å². The van der Waals surface area contributed by atoms with E-state index in [1.165, 1.54) is 0 Å². The zero-order chi connectivity index (χ0) is 20.6. The quantitative estimate of drug-likeness (QED) is 0.322. The van der Waals surface area contributed by atoms with Gasteiger partial charge in [0, 0.05) is 19.2 Å². The molecule has 152 valence electrons. The zero-order valence-corrected chi connectivity index (χ0v) is 17.2. The molecule has 1 unspecified atom stereocenters. The van der Waals surface area contributed by atoms with Gasteiger partial charge in [0.25, 0.3) is 5.69 Å². The minimum absolute atomic E-state index is 0.0559. The molecule has 0 N–H and O–H groups in total. The van der Waals surface area contributed by atoms with E-state index in [1.54, 1.807) is 26.0 Å². The molecule has 27 heavy (non-hydrogen) atoms. The van der Waals surface area contributed by atoms with Crippen LogP contribution in [-0.4, -0.2) is 37.2 Å². The van der Waals surface area contributed by atoms with Gasteiger partial charge in [0.1, 0.15) is 12.3 Å². The Morgan fingerprint density at radius 3 is 2.22 bits per heavy atom. The van der Waals surface area contributed by atoms with Crippen molar-refractivity contribution in [2.75, 3.05) is 31.2 Å². The summed E-state index contributed by atoms with van der Waals surface area (Å²) in [5.74, 6) is 0.320. The summed E-state index contributed by atoms with van der Waals surface area (Å²) in [6.45, 7) is 13.5. The summed E-state index contributed by atoms with van der Waals surface area (Å²) in [5.41, 5.74) is 1.33. The van der Waals surface area contributed by atoms with Crippen molar-refractivity contribution in [1.29, 1.82) is 0 Å². The van der Waals surface area contributed by atoms with Crippen molar-refractivity contribution in [3.63, 3.8) is 0 Å². The summed E-state index contributed by atoms with van der Waals surface area (Å²) >= 11 is 0. The van der Waals surface area contributed by atoms with Gasteiger partial charge in [-0.1, -0.05) is 33.8 Å². The van der Waals surface area contributed by atoms with Crippen LogP contribution in [0.4, 0.5) is 11.4 Å². The highest BCUT2D eigenvalue weighted by Gasteiger charge is 2.23. The molecule has 0 spiro atoms. The molecule has 0 heterocycles. The maximum atomic E-state index is 11.7. The molecule has 1 rings (SSSR count). The average molecular weight is 380 g/mol. The number of carbonyl (C=O) groups is 1. The van der Waals surface area contributed by atoms with Gasteiger partial charge >= 0.3 is 5.97 Å². The van der Waals surface area contributed by atoms with Crippen molar-refractivity contribution in [2.24, 2.45) is 11.8 Å². The van der Waals surface area contributed by atoms with Crippen LogP contribution in [0.15, 0.2) is 18.2 Å². The fraction of sp³-hybridized carbons (Fsp3) is 0.650. The summed E-state index contributed by atoms with van der Waals surface area (Å²) < 4.78 is 10.3. The fourth-order valence-corrected chi connectivity index (χ4v) is 2.85. The summed E-state index contributed by atoms with van der Waals surface area (Å²) in [6, 6.07) is 5.15. The number of anilines is 1. The number of benzene rings is 1. The third-order valence-corrected chi connectivity index (χ3v) is 3.93. The monoisotopic (exact) mass is 380 g/mol. The van der Waals surface area contributed by atoms with Crippen LogP contribution < -0.4 is 4.90 Å². The maximum Gasteiger partial charge on any atom is 0.332 e. The van der Waals surface area contributed by atoms with E-state index in [2.05, 4.69) is 32.6 Å². The number of hydrogen-bond donors (Lipinski definition) is 0. The van der Waals surface area contributed by atoms with E-state index < -0.39 is 12.1 Å². The van der Waals surface area contributed by atoms with Crippen molar-refractivity contribution < 1.29 is 19.2 Å². The van der Waals surface area contributed by atoms with Gasteiger partial charge in [-0.25, -0.2) is 4.79 Å². The first-order valence-corrected chi connectivity index (χ1v) is 9.46. The Balaban J connectivity index is 3.08. The fourth-order valence-electron chi connectivity index (χ4n) is 2.85. The number of nitro benzene ring substituents is 1. The molecule has 0 fully saturated rings. The lowest BCUT2D eigenvalue weighted by Gasteiger charge is -2.28. The molecule has 0 saturated heterocycles. The Labute approximate surface area is 161 Å². The zero-order valence-electron chi connectivity index (χ0n) is 17.2. The molecule has 0 aliphatic rings. The van der Waals surface area contributed by atoms with E-state index in [-0.39, 0.29) is 23.8 Å². The maximum absolute atomic E-state index is 11.7. The van der Waals surface area contributed by atoms with Crippen LogP contribution in [-0.2, 0) is 14.3 Å². The van der Waals surface area contributed by atoms with Gasteiger partial charge in [-0.05, 0) is 37.3 Å². The number of carbonyl (C=O) groups excluding carboxylic acids is 1. The molecular formula is C20H32N2O5.